The quantitative estimate of drug-likeness (QED) is 0.372. The molecule has 1 heterocycles. The molecule has 0 unspecified atom stereocenters. The molecule has 1 N–H and O–H groups in total. The number of rotatable bonds is 9. The van der Waals surface area contributed by atoms with Crippen LogP contribution in [0, 0.1) is 6.92 Å². The Labute approximate surface area is 185 Å². The van der Waals surface area contributed by atoms with Crippen LogP contribution < -0.4 is 5.32 Å². The second-order valence-corrected chi connectivity index (χ2v) is 8.01. The molecule has 0 aliphatic rings. The van der Waals surface area contributed by atoms with Crippen LogP contribution in [0.2, 0.25) is 0 Å². The lowest BCUT2D eigenvalue weighted by atomic mass is 10.0. The van der Waals surface area contributed by atoms with Crippen molar-refractivity contribution in [2.24, 2.45) is 0 Å². The topological polar surface area (TPSA) is 42.7 Å². The van der Waals surface area contributed by atoms with E-state index in [0.717, 1.165) is 29.8 Å². The highest BCUT2D eigenvalue weighted by molar-refractivity contribution is 5.60. The minimum Gasteiger partial charge on any atom is -0.304 e. The summed E-state index contributed by atoms with van der Waals surface area (Å²) in [4.78, 5) is 1.82. The first kappa shape index (κ1) is 21.0. The molecule has 31 heavy (non-hydrogen) atoms. The van der Waals surface area contributed by atoms with Crippen molar-refractivity contribution in [1.82, 2.24) is 20.3 Å². The van der Waals surface area contributed by atoms with Gasteiger partial charge in [0, 0.05) is 18.2 Å². The minimum atomic E-state index is 0.303. The lowest BCUT2D eigenvalue weighted by Gasteiger charge is -2.18. The van der Waals surface area contributed by atoms with Crippen LogP contribution in [0.1, 0.15) is 48.2 Å². The SMILES string of the molecule is CCC[C@@H](NCc1nn(Cc2cccc(C)c2)nc1-c1ccccc1)c1ccccc1. The predicted octanol–water partition coefficient (Wildman–Crippen LogP) is 5.93. The van der Waals surface area contributed by atoms with Crippen LogP contribution in [-0.4, -0.2) is 15.0 Å². The van der Waals surface area contributed by atoms with Gasteiger partial charge in [-0.2, -0.15) is 15.0 Å². The van der Waals surface area contributed by atoms with E-state index in [1.165, 1.54) is 16.7 Å². The van der Waals surface area contributed by atoms with Gasteiger partial charge in [-0.05, 0) is 24.5 Å². The highest BCUT2D eigenvalue weighted by Gasteiger charge is 2.16. The second-order valence-electron chi connectivity index (χ2n) is 8.01. The molecular formula is C27H30N4. The molecule has 4 heteroatoms. The van der Waals surface area contributed by atoms with Gasteiger partial charge in [0.25, 0.3) is 0 Å². The molecule has 158 valence electrons. The average molecular weight is 411 g/mol. The van der Waals surface area contributed by atoms with Crippen molar-refractivity contribution in [3.8, 4) is 11.3 Å². The number of aromatic nitrogens is 3. The lowest BCUT2D eigenvalue weighted by molar-refractivity contribution is 0.485. The number of nitrogens with one attached hydrogen (secondary N) is 1. The van der Waals surface area contributed by atoms with Gasteiger partial charge in [0.05, 0.1) is 6.54 Å². The summed E-state index contributed by atoms with van der Waals surface area (Å²) in [5.41, 5.74) is 6.81. The van der Waals surface area contributed by atoms with Crippen molar-refractivity contribution in [2.75, 3.05) is 0 Å². The monoisotopic (exact) mass is 410 g/mol. The minimum absolute atomic E-state index is 0.303. The third-order valence-electron chi connectivity index (χ3n) is 5.47. The van der Waals surface area contributed by atoms with E-state index >= 15 is 0 Å². The zero-order valence-corrected chi connectivity index (χ0v) is 18.3. The maximum atomic E-state index is 4.88. The Hall–Kier alpha value is -3.24. The van der Waals surface area contributed by atoms with Gasteiger partial charge in [-0.25, -0.2) is 0 Å². The summed E-state index contributed by atoms with van der Waals surface area (Å²) in [6, 6.07) is 29.8. The Balaban J connectivity index is 1.59. The van der Waals surface area contributed by atoms with E-state index in [1.807, 2.05) is 10.9 Å². The largest absolute Gasteiger partial charge is 0.304 e. The molecule has 4 nitrogen and oxygen atoms in total. The van der Waals surface area contributed by atoms with E-state index in [0.29, 0.717) is 19.1 Å². The highest BCUT2D eigenvalue weighted by atomic mass is 15.5. The van der Waals surface area contributed by atoms with Crippen molar-refractivity contribution in [3.05, 3.63) is 107 Å². The van der Waals surface area contributed by atoms with Gasteiger partial charge in [-0.1, -0.05) is 104 Å². The van der Waals surface area contributed by atoms with E-state index in [9.17, 15) is 0 Å². The van der Waals surface area contributed by atoms with Gasteiger partial charge in [0.2, 0.25) is 0 Å². The molecule has 0 saturated carbocycles. The Morgan fingerprint density at radius 1 is 0.871 bits per heavy atom. The molecule has 0 fully saturated rings. The molecule has 0 saturated heterocycles. The summed E-state index contributed by atoms with van der Waals surface area (Å²) >= 11 is 0. The van der Waals surface area contributed by atoms with Gasteiger partial charge in [-0.15, -0.1) is 0 Å². The number of aryl methyl sites for hydroxylation is 1. The summed E-state index contributed by atoms with van der Waals surface area (Å²) in [6.45, 7) is 5.68. The smallest absolute Gasteiger partial charge is 0.117 e. The first-order valence-corrected chi connectivity index (χ1v) is 11.1. The molecule has 1 atom stereocenters. The summed E-state index contributed by atoms with van der Waals surface area (Å²) in [5.74, 6) is 0. The van der Waals surface area contributed by atoms with Gasteiger partial charge in [0.15, 0.2) is 0 Å². The molecule has 0 bridgehead atoms. The van der Waals surface area contributed by atoms with Crippen molar-refractivity contribution in [2.45, 2.75) is 45.8 Å². The zero-order valence-electron chi connectivity index (χ0n) is 18.3. The Morgan fingerprint density at radius 2 is 1.61 bits per heavy atom. The maximum absolute atomic E-state index is 4.88. The molecule has 0 amide bonds. The maximum Gasteiger partial charge on any atom is 0.117 e. The van der Waals surface area contributed by atoms with Crippen LogP contribution in [0.15, 0.2) is 84.9 Å². The van der Waals surface area contributed by atoms with Gasteiger partial charge >= 0.3 is 0 Å². The molecule has 4 aromatic rings. The van der Waals surface area contributed by atoms with Crippen LogP contribution in [-0.2, 0) is 13.1 Å². The van der Waals surface area contributed by atoms with Crippen LogP contribution in [0.5, 0.6) is 0 Å². The van der Waals surface area contributed by atoms with E-state index in [2.05, 4.69) is 98.0 Å². The van der Waals surface area contributed by atoms with E-state index in [4.69, 9.17) is 10.2 Å². The van der Waals surface area contributed by atoms with Gasteiger partial charge < -0.3 is 5.32 Å². The van der Waals surface area contributed by atoms with E-state index < -0.39 is 0 Å². The number of nitrogens with zero attached hydrogens (tertiary/aromatic N) is 3. The molecule has 3 aromatic carbocycles. The first-order valence-electron chi connectivity index (χ1n) is 11.1. The van der Waals surface area contributed by atoms with Crippen LogP contribution >= 0.6 is 0 Å². The Bertz CT molecular complexity index is 1090. The van der Waals surface area contributed by atoms with Gasteiger partial charge in [-0.3, -0.25) is 0 Å². The number of hydrogen-bond donors (Lipinski definition) is 1. The first-order chi connectivity index (χ1) is 15.2. The molecule has 0 radical (unpaired) electrons. The summed E-state index contributed by atoms with van der Waals surface area (Å²) < 4.78 is 0. The molecule has 0 spiro atoms. The predicted molar refractivity (Wildman–Crippen MR) is 127 cm³/mol. The zero-order chi connectivity index (χ0) is 21.5. The summed E-state index contributed by atoms with van der Waals surface area (Å²) in [7, 11) is 0. The average Bonchev–Trinajstić information content (AvgIpc) is 3.20. The van der Waals surface area contributed by atoms with E-state index in [1.54, 1.807) is 0 Å². The van der Waals surface area contributed by atoms with Crippen molar-refractivity contribution in [3.63, 3.8) is 0 Å². The van der Waals surface area contributed by atoms with Crippen LogP contribution in [0.3, 0.4) is 0 Å². The summed E-state index contributed by atoms with van der Waals surface area (Å²) in [5, 5.41) is 13.5. The van der Waals surface area contributed by atoms with Crippen molar-refractivity contribution >= 4 is 0 Å². The van der Waals surface area contributed by atoms with Crippen molar-refractivity contribution < 1.29 is 0 Å². The van der Waals surface area contributed by atoms with Crippen LogP contribution in [0.4, 0.5) is 0 Å². The molecule has 1 aromatic heterocycles. The normalized spacial score (nSPS) is 12.1. The molecular weight excluding hydrogens is 380 g/mol. The Morgan fingerprint density at radius 3 is 2.32 bits per heavy atom. The number of hydrogen-bond acceptors (Lipinski definition) is 3. The molecule has 0 aliphatic heterocycles. The lowest BCUT2D eigenvalue weighted by Crippen LogP contribution is -2.21. The van der Waals surface area contributed by atoms with Gasteiger partial charge in [0.1, 0.15) is 11.4 Å². The fourth-order valence-electron chi connectivity index (χ4n) is 3.95. The fraction of sp³-hybridized carbons (Fsp3) is 0.259. The van der Waals surface area contributed by atoms with Crippen molar-refractivity contribution in [1.29, 1.82) is 0 Å². The fourth-order valence-corrected chi connectivity index (χ4v) is 3.95. The van der Waals surface area contributed by atoms with Crippen LogP contribution in [0.25, 0.3) is 11.3 Å². The Kier molecular flexibility index (Phi) is 6.90. The third kappa shape index (κ3) is 5.47. The molecule has 0 aliphatic carbocycles. The standard InChI is InChI=1S/C27H30N4/c1-3-11-25(23-14-6-4-7-15-23)28-19-26-27(24-16-8-5-9-17-24)30-31(29-26)20-22-13-10-12-21(2)18-22/h4-10,12-18,25,28H,3,11,19-20H2,1-2H3/t25-/m1/s1. The second kappa shape index (κ2) is 10.2. The highest BCUT2D eigenvalue weighted by Crippen LogP contribution is 2.23. The van der Waals surface area contributed by atoms with E-state index in [-0.39, 0.29) is 0 Å². The third-order valence-corrected chi connectivity index (χ3v) is 5.47. The molecule has 4 rings (SSSR count). The number of benzene rings is 3. The summed E-state index contributed by atoms with van der Waals surface area (Å²) in [6.07, 6.45) is 2.21.